The fraction of sp³-hybridized carbons (Fsp3) is 0.471. The number of benzene rings is 1. The summed E-state index contributed by atoms with van der Waals surface area (Å²) < 4.78 is 10.8. The molecule has 0 fully saturated rings. The highest BCUT2D eigenvalue weighted by molar-refractivity contribution is 7.98. The Balaban J connectivity index is 0.00000529. The van der Waals surface area contributed by atoms with Crippen molar-refractivity contribution in [3.8, 4) is 11.5 Å². The van der Waals surface area contributed by atoms with Crippen LogP contribution in [-0.4, -0.2) is 38.2 Å². The number of ether oxygens (including phenoxy) is 2. The van der Waals surface area contributed by atoms with Crippen LogP contribution >= 0.6 is 24.2 Å². The van der Waals surface area contributed by atoms with Crippen molar-refractivity contribution in [1.29, 1.82) is 0 Å². The Kier molecular flexibility index (Phi) is 11.4. The normalized spacial score (nSPS) is 11.2. The second kappa shape index (κ2) is 12.1. The van der Waals surface area contributed by atoms with Gasteiger partial charge in [0.2, 0.25) is 5.91 Å². The molecule has 0 bridgehead atoms. The Morgan fingerprint density at radius 3 is 2.67 bits per heavy atom. The molecule has 1 atom stereocenters. The third-order valence-electron chi connectivity index (χ3n) is 3.42. The van der Waals surface area contributed by atoms with E-state index < -0.39 is 6.04 Å². The third-order valence-corrected chi connectivity index (χ3v) is 4.06. The molecule has 0 aliphatic heterocycles. The van der Waals surface area contributed by atoms with Gasteiger partial charge in [0.15, 0.2) is 11.5 Å². The topological polar surface area (TPSA) is 73.6 Å². The molecule has 0 spiro atoms. The molecule has 7 heteroatoms. The molecular formula is C17H27ClN2O3S. The summed E-state index contributed by atoms with van der Waals surface area (Å²) in [5.41, 5.74) is 7.77. The van der Waals surface area contributed by atoms with Gasteiger partial charge in [0.1, 0.15) is 0 Å². The first kappa shape index (κ1) is 22.6. The lowest BCUT2D eigenvalue weighted by Crippen LogP contribution is -2.40. The van der Waals surface area contributed by atoms with Crippen LogP contribution in [0, 0.1) is 0 Å². The first-order chi connectivity index (χ1) is 11.1. The van der Waals surface area contributed by atoms with E-state index in [2.05, 4.69) is 11.9 Å². The van der Waals surface area contributed by atoms with Gasteiger partial charge in [-0.15, -0.1) is 19.0 Å². The zero-order valence-corrected chi connectivity index (χ0v) is 16.1. The minimum atomic E-state index is -0.477. The summed E-state index contributed by atoms with van der Waals surface area (Å²) in [6, 6.07) is 3.37. The molecular weight excluding hydrogens is 348 g/mol. The summed E-state index contributed by atoms with van der Waals surface area (Å²) in [6.07, 6.45) is 5.13. The molecule has 1 rings (SSSR count). The number of amides is 1. The van der Waals surface area contributed by atoms with Crippen LogP contribution in [0.5, 0.6) is 11.5 Å². The zero-order valence-electron chi connectivity index (χ0n) is 14.5. The number of nitrogens with two attached hydrogens (primary N) is 1. The van der Waals surface area contributed by atoms with Gasteiger partial charge in [-0.05, 0) is 42.5 Å². The van der Waals surface area contributed by atoms with Gasteiger partial charge in [-0.1, -0.05) is 6.08 Å². The number of hydrogen-bond acceptors (Lipinski definition) is 5. The van der Waals surface area contributed by atoms with Gasteiger partial charge in [-0.25, -0.2) is 0 Å². The van der Waals surface area contributed by atoms with Crippen molar-refractivity contribution in [1.82, 2.24) is 5.32 Å². The van der Waals surface area contributed by atoms with Crippen molar-refractivity contribution in [3.05, 3.63) is 35.9 Å². The third kappa shape index (κ3) is 6.63. The van der Waals surface area contributed by atoms with Crippen molar-refractivity contribution in [2.24, 2.45) is 5.73 Å². The van der Waals surface area contributed by atoms with Crippen molar-refractivity contribution in [3.63, 3.8) is 0 Å². The van der Waals surface area contributed by atoms with Crippen molar-refractivity contribution >= 4 is 30.1 Å². The second-order valence-corrected chi connectivity index (χ2v) is 6.07. The number of hydrogen-bond donors (Lipinski definition) is 2. The van der Waals surface area contributed by atoms with E-state index in [9.17, 15) is 4.79 Å². The molecule has 0 aliphatic carbocycles. The molecule has 1 aromatic rings. The zero-order chi connectivity index (χ0) is 17.2. The number of rotatable bonds is 10. The van der Waals surface area contributed by atoms with E-state index >= 15 is 0 Å². The average molecular weight is 375 g/mol. The molecule has 0 aliphatic rings. The molecule has 0 aromatic heterocycles. The maximum Gasteiger partial charge on any atom is 0.237 e. The van der Waals surface area contributed by atoms with Crippen LogP contribution in [0.3, 0.4) is 0 Å². The highest BCUT2D eigenvalue weighted by Crippen LogP contribution is 2.33. The van der Waals surface area contributed by atoms with Crippen LogP contribution < -0.4 is 20.5 Å². The average Bonchev–Trinajstić information content (AvgIpc) is 2.57. The lowest BCUT2D eigenvalue weighted by molar-refractivity contribution is -0.122. The summed E-state index contributed by atoms with van der Waals surface area (Å²) in [4.78, 5) is 12.0. The second-order valence-electron chi connectivity index (χ2n) is 5.09. The number of carbonyl (C=O) groups excluding carboxylic acids is 1. The standard InChI is InChI=1S/C17H26N2O3S.ClH/c1-5-6-13-9-12(10-15(21-2)16(13)22-3)11-19-17(20)14(18)7-8-23-4;/h5,9-10,14H,1,6-8,11,18H2,2-4H3,(H,19,20);1H/t14-;/m0./s1. The Bertz CT molecular complexity index is 541. The van der Waals surface area contributed by atoms with E-state index in [-0.39, 0.29) is 18.3 Å². The monoisotopic (exact) mass is 374 g/mol. The van der Waals surface area contributed by atoms with Gasteiger partial charge in [-0.3, -0.25) is 4.79 Å². The molecule has 0 saturated carbocycles. The van der Waals surface area contributed by atoms with E-state index in [1.54, 1.807) is 32.1 Å². The fourth-order valence-corrected chi connectivity index (χ4v) is 2.70. The Morgan fingerprint density at radius 1 is 1.42 bits per heavy atom. The lowest BCUT2D eigenvalue weighted by Gasteiger charge is -2.16. The molecule has 3 N–H and O–H groups in total. The predicted octanol–water partition coefficient (Wildman–Crippen LogP) is 2.55. The maximum absolute atomic E-state index is 12.0. The number of nitrogens with one attached hydrogen (secondary N) is 1. The van der Waals surface area contributed by atoms with Crippen molar-refractivity contribution in [2.45, 2.75) is 25.4 Å². The predicted molar refractivity (Wildman–Crippen MR) is 104 cm³/mol. The van der Waals surface area contributed by atoms with Crippen LogP contribution in [0.2, 0.25) is 0 Å². The SMILES string of the molecule is C=CCc1cc(CNC(=O)[C@@H](N)CCSC)cc(OC)c1OC.Cl. The van der Waals surface area contributed by atoms with Crippen LogP contribution in [0.15, 0.2) is 24.8 Å². The lowest BCUT2D eigenvalue weighted by atomic mass is 10.1. The quantitative estimate of drug-likeness (QED) is 0.616. The molecule has 5 nitrogen and oxygen atoms in total. The summed E-state index contributed by atoms with van der Waals surface area (Å²) in [5.74, 6) is 2.06. The summed E-state index contributed by atoms with van der Waals surface area (Å²) >= 11 is 1.68. The van der Waals surface area contributed by atoms with E-state index in [4.69, 9.17) is 15.2 Å². The largest absolute Gasteiger partial charge is 0.493 e. The minimum Gasteiger partial charge on any atom is -0.493 e. The van der Waals surface area contributed by atoms with Gasteiger partial charge in [0, 0.05) is 12.1 Å². The number of methoxy groups -OCH3 is 2. The number of allylic oxidation sites excluding steroid dienone is 1. The van der Waals surface area contributed by atoms with E-state index in [0.29, 0.717) is 30.9 Å². The number of halogens is 1. The van der Waals surface area contributed by atoms with E-state index in [1.165, 1.54) is 0 Å². The van der Waals surface area contributed by atoms with Gasteiger partial charge in [-0.2, -0.15) is 11.8 Å². The van der Waals surface area contributed by atoms with Gasteiger partial charge < -0.3 is 20.5 Å². The van der Waals surface area contributed by atoms with Crippen LogP contribution in [0.1, 0.15) is 17.5 Å². The number of thioether (sulfide) groups is 1. The van der Waals surface area contributed by atoms with Gasteiger partial charge >= 0.3 is 0 Å². The first-order valence-corrected chi connectivity index (χ1v) is 8.83. The molecule has 136 valence electrons. The van der Waals surface area contributed by atoms with Crippen molar-refractivity contribution < 1.29 is 14.3 Å². The molecule has 1 aromatic carbocycles. The summed E-state index contributed by atoms with van der Waals surface area (Å²) in [5, 5.41) is 2.87. The fourth-order valence-electron chi connectivity index (χ4n) is 2.21. The van der Waals surface area contributed by atoms with E-state index in [0.717, 1.165) is 16.9 Å². The molecule has 0 saturated heterocycles. The molecule has 0 unspecified atom stereocenters. The van der Waals surface area contributed by atoms with Crippen molar-refractivity contribution in [2.75, 3.05) is 26.2 Å². The highest BCUT2D eigenvalue weighted by Gasteiger charge is 2.15. The Morgan fingerprint density at radius 2 is 2.12 bits per heavy atom. The van der Waals surface area contributed by atoms with Gasteiger partial charge in [0.05, 0.1) is 20.3 Å². The Hall–Kier alpha value is -1.37. The van der Waals surface area contributed by atoms with Crippen LogP contribution in [-0.2, 0) is 17.8 Å². The first-order valence-electron chi connectivity index (χ1n) is 7.44. The smallest absolute Gasteiger partial charge is 0.237 e. The minimum absolute atomic E-state index is 0. The van der Waals surface area contributed by atoms with Crippen LogP contribution in [0.4, 0.5) is 0 Å². The van der Waals surface area contributed by atoms with E-state index in [1.807, 2.05) is 18.4 Å². The van der Waals surface area contributed by atoms with Crippen LogP contribution in [0.25, 0.3) is 0 Å². The summed E-state index contributed by atoms with van der Waals surface area (Å²) in [7, 11) is 3.20. The molecule has 1 amide bonds. The molecule has 0 heterocycles. The van der Waals surface area contributed by atoms with Gasteiger partial charge in [0.25, 0.3) is 0 Å². The Labute approximate surface area is 154 Å². The number of carbonyl (C=O) groups is 1. The molecule has 24 heavy (non-hydrogen) atoms. The highest BCUT2D eigenvalue weighted by atomic mass is 35.5. The molecule has 0 radical (unpaired) electrons. The maximum atomic E-state index is 12.0. The summed E-state index contributed by atoms with van der Waals surface area (Å²) in [6.45, 7) is 4.16.